The Balaban J connectivity index is 4.30. The topological polar surface area (TPSA) is 108 Å². The van der Waals surface area contributed by atoms with Crippen molar-refractivity contribution in [3.8, 4) is 0 Å². The minimum absolute atomic E-state index is 0.00514. The van der Waals surface area contributed by atoms with E-state index >= 15 is 0 Å². The van der Waals surface area contributed by atoms with Crippen LogP contribution in [0.5, 0.6) is 0 Å². The highest BCUT2D eigenvalue weighted by atomic mass is 31.2. The fourth-order valence-electron chi connectivity index (χ4n) is 7.30. The van der Waals surface area contributed by atoms with E-state index in [1.165, 1.54) is 122 Å². The Bertz CT molecular complexity index is 1270. The summed E-state index contributed by atoms with van der Waals surface area (Å²) in [4.78, 5) is 25.4. The minimum atomic E-state index is -4.60. The van der Waals surface area contributed by atoms with Crippen LogP contribution in [0.25, 0.3) is 0 Å². The van der Waals surface area contributed by atoms with Gasteiger partial charge in [-0.3, -0.25) is 9.36 Å². The molecule has 2 N–H and O–H groups in total. The third kappa shape index (κ3) is 47.9. The lowest BCUT2D eigenvalue weighted by Gasteiger charge is -2.29. The summed E-state index contributed by atoms with van der Waals surface area (Å²) in [5, 5.41) is 13.8. The molecule has 0 spiro atoms. The molecule has 0 rings (SSSR count). The molecule has 0 saturated heterocycles. The van der Waals surface area contributed by atoms with Crippen LogP contribution in [0.15, 0.2) is 72.9 Å². The number of allylic oxidation sites excluding steroid dienone is 11. The van der Waals surface area contributed by atoms with Crippen LogP contribution in [0.4, 0.5) is 0 Å². The number of hydrogen-bond acceptors (Lipinski definition) is 6. The molecule has 9 heteroatoms. The number of nitrogens with zero attached hydrogens (tertiary/aromatic N) is 1. The molecule has 0 aliphatic rings. The Kier molecular flexibility index (Phi) is 44.6. The Labute approximate surface area is 395 Å². The van der Waals surface area contributed by atoms with Crippen LogP contribution in [0.1, 0.15) is 219 Å². The first-order valence-corrected chi connectivity index (χ1v) is 27.8. The third-order valence-corrected chi connectivity index (χ3v) is 12.4. The van der Waals surface area contributed by atoms with Gasteiger partial charge in [0, 0.05) is 6.42 Å². The fraction of sp³-hybridized carbons (Fsp3) is 0.764. The van der Waals surface area contributed by atoms with Gasteiger partial charge in [0.15, 0.2) is 0 Å². The monoisotopic (exact) mass is 917 g/mol. The van der Waals surface area contributed by atoms with Gasteiger partial charge in [0.25, 0.3) is 7.82 Å². The number of phosphoric ester groups is 1. The number of amides is 1. The lowest BCUT2D eigenvalue weighted by atomic mass is 10.0. The van der Waals surface area contributed by atoms with Crippen LogP contribution in [-0.2, 0) is 18.4 Å². The molecule has 64 heavy (non-hydrogen) atoms. The van der Waals surface area contributed by atoms with Crippen molar-refractivity contribution in [3.05, 3.63) is 72.9 Å². The Morgan fingerprint density at radius 2 is 0.953 bits per heavy atom. The van der Waals surface area contributed by atoms with E-state index in [4.69, 9.17) is 9.05 Å². The molecule has 0 bridgehead atoms. The van der Waals surface area contributed by atoms with Gasteiger partial charge in [-0.2, -0.15) is 0 Å². The zero-order chi connectivity index (χ0) is 47.1. The standard InChI is InChI=1S/C55H101N2O6P/c1-6-8-10-12-14-16-18-20-22-24-25-26-27-28-29-30-31-33-35-37-39-41-43-45-47-49-55(59)56-53(52-63-64(60,61)62-51-50-57(3,4)5)54(58)48-46-44-42-40-38-36-34-32-23-21-19-17-15-13-11-9-7-2/h8,10,14,16,20,22,25-26,28-29,46,48,53-54,58H,6-7,9,11-13,15,17-19,21,23-24,27,30-45,47,49-52H2,1-5H3,(H-,56,59,60,61)/b10-8-,16-14-,22-20-,26-25-,29-28-,48-46+. The molecule has 1 amide bonds. The number of likely N-dealkylation sites (N-methyl/N-ethyl adjacent to an activating group) is 1. The maximum absolute atomic E-state index is 12.9. The molecule has 0 radical (unpaired) electrons. The van der Waals surface area contributed by atoms with Crippen molar-refractivity contribution in [2.45, 2.75) is 231 Å². The first kappa shape index (κ1) is 61.9. The number of aliphatic hydroxyl groups is 1. The molecule has 0 heterocycles. The summed E-state index contributed by atoms with van der Waals surface area (Å²) >= 11 is 0. The SMILES string of the molecule is CC/C=C\C/C=C\C/C=C\C/C=C\C/C=C\CCCCCCCCCCCC(=O)NC(COP(=O)([O-])OCC[N+](C)(C)C)C(O)/C=C/CCCCCCCCCCCCCCCCC. The van der Waals surface area contributed by atoms with Crippen molar-refractivity contribution in [2.24, 2.45) is 0 Å². The van der Waals surface area contributed by atoms with Gasteiger partial charge in [0.1, 0.15) is 13.2 Å². The highest BCUT2D eigenvalue weighted by molar-refractivity contribution is 7.45. The van der Waals surface area contributed by atoms with Crippen molar-refractivity contribution in [1.82, 2.24) is 5.32 Å². The van der Waals surface area contributed by atoms with Crippen molar-refractivity contribution in [3.63, 3.8) is 0 Å². The second-order valence-electron chi connectivity index (χ2n) is 18.9. The first-order chi connectivity index (χ1) is 31.0. The van der Waals surface area contributed by atoms with E-state index < -0.39 is 20.0 Å². The third-order valence-electron chi connectivity index (χ3n) is 11.4. The molecule has 0 aliphatic carbocycles. The highest BCUT2D eigenvalue weighted by Gasteiger charge is 2.23. The zero-order valence-electron chi connectivity index (χ0n) is 42.2. The lowest BCUT2D eigenvalue weighted by molar-refractivity contribution is -0.870. The average molecular weight is 917 g/mol. The van der Waals surface area contributed by atoms with E-state index in [2.05, 4.69) is 79.9 Å². The maximum Gasteiger partial charge on any atom is 0.268 e. The van der Waals surface area contributed by atoms with Gasteiger partial charge in [0.2, 0.25) is 5.91 Å². The molecule has 0 aromatic heterocycles. The Hall–Kier alpha value is -2.06. The summed E-state index contributed by atoms with van der Waals surface area (Å²) in [6, 6.07) is -0.893. The van der Waals surface area contributed by atoms with E-state index in [1.807, 2.05) is 27.2 Å². The van der Waals surface area contributed by atoms with Gasteiger partial charge in [0.05, 0.1) is 39.9 Å². The van der Waals surface area contributed by atoms with E-state index in [9.17, 15) is 19.4 Å². The first-order valence-electron chi connectivity index (χ1n) is 26.3. The smallest absolute Gasteiger partial charge is 0.268 e. The van der Waals surface area contributed by atoms with Crippen molar-refractivity contribution >= 4 is 13.7 Å². The van der Waals surface area contributed by atoms with Gasteiger partial charge >= 0.3 is 0 Å². The highest BCUT2D eigenvalue weighted by Crippen LogP contribution is 2.38. The Morgan fingerprint density at radius 1 is 0.562 bits per heavy atom. The van der Waals surface area contributed by atoms with Gasteiger partial charge in [-0.05, 0) is 64.2 Å². The zero-order valence-corrected chi connectivity index (χ0v) is 43.1. The summed E-state index contributed by atoms with van der Waals surface area (Å²) < 4.78 is 23.3. The quantitative estimate of drug-likeness (QED) is 0.0272. The average Bonchev–Trinajstić information content (AvgIpc) is 3.25. The summed E-state index contributed by atoms with van der Waals surface area (Å²) in [6.45, 7) is 4.53. The predicted octanol–water partition coefficient (Wildman–Crippen LogP) is 14.9. The molecule has 0 aliphatic heterocycles. The van der Waals surface area contributed by atoms with Gasteiger partial charge in [-0.25, -0.2) is 0 Å². The van der Waals surface area contributed by atoms with Crippen LogP contribution in [0.3, 0.4) is 0 Å². The maximum atomic E-state index is 12.9. The van der Waals surface area contributed by atoms with Crippen molar-refractivity contribution in [1.29, 1.82) is 0 Å². The molecule has 0 aromatic rings. The molecular formula is C55H101N2O6P. The van der Waals surface area contributed by atoms with Crippen molar-refractivity contribution < 1.29 is 32.9 Å². The minimum Gasteiger partial charge on any atom is -0.756 e. The summed E-state index contributed by atoms with van der Waals surface area (Å²) in [6.07, 6.45) is 62.4. The molecular weight excluding hydrogens is 816 g/mol. The number of hydrogen-bond donors (Lipinski definition) is 2. The molecule has 0 saturated carbocycles. The molecule has 0 fully saturated rings. The number of phosphoric acid groups is 1. The lowest BCUT2D eigenvalue weighted by Crippen LogP contribution is -2.45. The van der Waals surface area contributed by atoms with E-state index in [0.29, 0.717) is 17.4 Å². The molecule has 8 nitrogen and oxygen atoms in total. The normalized spacial score (nSPS) is 14.7. The number of quaternary nitrogens is 1. The number of nitrogens with one attached hydrogen (secondary N) is 1. The van der Waals surface area contributed by atoms with Crippen LogP contribution >= 0.6 is 7.82 Å². The molecule has 3 atom stereocenters. The summed E-state index contributed by atoms with van der Waals surface area (Å²) in [5.41, 5.74) is 0. The van der Waals surface area contributed by atoms with Crippen LogP contribution < -0.4 is 10.2 Å². The number of unbranched alkanes of at least 4 members (excludes halogenated alkanes) is 24. The Morgan fingerprint density at radius 3 is 1.39 bits per heavy atom. The van der Waals surface area contributed by atoms with Gasteiger partial charge in [-0.15, -0.1) is 0 Å². The van der Waals surface area contributed by atoms with Crippen LogP contribution in [0.2, 0.25) is 0 Å². The van der Waals surface area contributed by atoms with Gasteiger partial charge < -0.3 is 28.8 Å². The van der Waals surface area contributed by atoms with Crippen molar-refractivity contribution in [2.75, 3.05) is 40.9 Å². The molecule has 3 unspecified atom stereocenters. The fourth-order valence-corrected chi connectivity index (χ4v) is 8.02. The van der Waals surface area contributed by atoms with Gasteiger partial charge in [-0.1, -0.05) is 222 Å². The van der Waals surface area contributed by atoms with Crippen LogP contribution in [0, 0.1) is 0 Å². The van der Waals surface area contributed by atoms with E-state index in [1.54, 1.807) is 6.08 Å². The second kappa shape index (κ2) is 46.1. The summed E-state index contributed by atoms with van der Waals surface area (Å²) in [5.74, 6) is -0.206. The largest absolute Gasteiger partial charge is 0.756 e. The molecule has 372 valence electrons. The number of carbonyl (C=O) groups is 1. The number of aliphatic hydroxyl groups excluding tert-OH is 1. The van der Waals surface area contributed by atoms with E-state index in [0.717, 1.165) is 77.0 Å². The number of carbonyl (C=O) groups excluding carboxylic acids is 1. The number of rotatable bonds is 47. The molecule has 0 aromatic carbocycles. The predicted molar refractivity (Wildman–Crippen MR) is 274 cm³/mol. The summed E-state index contributed by atoms with van der Waals surface area (Å²) in [7, 11) is 1.25. The van der Waals surface area contributed by atoms with Crippen LogP contribution in [-0.4, -0.2) is 68.5 Å². The second-order valence-corrected chi connectivity index (χ2v) is 20.3. The van der Waals surface area contributed by atoms with E-state index in [-0.39, 0.29) is 19.1 Å².